The maximum absolute atomic E-state index is 12.6. The molecule has 1 heterocycles. The van der Waals surface area contributed by atoms with Crippen molar-refractivity contribution in [2.45, 2.75) is 6.92 Å². The second-order valence-corrected chi connectivity index (χ2v) is 7.78. The van der Waals surface area contributed by atoms with Gasteiger partial charge in [0, 0.05) is 16.1 Å². The zero-order valence-corrected chi connectivity index (χ0v) is 17.1. The van der Waals surface area contributed by atoms with Crippen LogP contribution in [0.5, 0.6) is 11.5 Å². The summed E-state index contributed by atoms with van der Waals surface area (Å²) in [7, 11) is 0. The van der Waals surface area contributed by atoms with Gasteiger partial charge in [0.05, 0.1) is 4.88 Å². The molecule has 0 saturated heterocycles. The Morgan fingerprint density at radius 2 is 1.53 bits per heavy atom. The third kappa shape index (κ3) is 4.64. The molecule has 0 aliphatic rings. The Morgan fingerprint density at radius 1 is 0.800 bits per heavy atom. The molecule has 0 bridgehead atoms. The van der Waals surface area contributed by atoms with Crippen LogP contribution >= 0.6 is 11.3 Å². The number of carbonyl (C=O) groups is 2. The molecule has 0 fully saturated rings. The standard InChI is InChI=1S/C25H19NO3S/c1-17(27)18-6-5-7-19(16-18)23-14-15-24(30-23)25(28)26-20-10-12-22(13-11-20)29-21-8-3-2-4-9-21/h2-16H,1H3,(H,26,28). The number of rotatable bonds is 6. The number of Topliss-reactive ketones (excluding diaryl/α,β-unsaturated/α-hetero) is 1. The van der Waals surface area contributed by atoms with Gasteiger partial charge < -0.3 is 10.1 Å². The van der Waals surface area contributed by atoms with Crippen LogP contribution in [0.2, 0.25) is 0 Å². The van der Waals surface area contributed by atoms with Crippen molar-refractivity contribution in [1.29, 1.82) is 0 Å². The highest BCUT2D eigenvalue weighted by molar-refractivity contribution is 7.17. The Balaban J connectivity index is 1.43. The lowest BCUT2D eigenvalue weighted by Crippen LogP contribution is -2.09. The summed E-state index contributed by atoms with van der Waals surface area (Å²) in [5, 5.41) is 2.91. The minimum atomic E-state index is -0.175. The lowest BCUT2D eigenvalue weighted by molar-refractivity contribution is 0.101. The molecule has 1 aromatic heterocycles. The quantitative estimate of drug-likeness (QED) is 0.360. The zero-order valence-electron chi connectivity index (χ0n) is 16.3. The van der Waals surface area contributed by atoms with Crippen molar-refractivity contribution in [3.63, 3.8) is 0 Å². The van der Waals surface area contributed by atoms with Crippen molar-refractivity contribution in [3.05, 3.63) is 101 Å². The molecular weight excluding hydrogens is 394 g/mol. The molecule has 148 valence electrons. The molecular formula is C25H19NO3S. The highest BCUT2D eigenvalue weighted by Gasteiger charge is 2.12. The van der Waals surface area contributed by atoms with Crippen molar-refractivity contribution in [2.75, 3.05) is 5.32 Å². The number of amides is 1. The molecule has 30 heavy (non-hydrogen) atoms. The van der Waals surface area contributed by atoms with Gasteiger partial charge in [0.15, 0.2) is 5.78 Å². The van der Waals surface area contributed by atoms with E-state index in [9.17, 15) is 9.59 Å². The van der Waals surface area contributed by atoms with E-state index in [0.717, 1.165) is 16.2 Å². The number of ether oxygens (including phenoxy) is 1. The summed E-state index contributed by atoms with van der Waals surface area (Å²) in [4.78, 5) is 25.8. The summed E-state index contributed by atoms with van der Waals surface area (Å²) in [5.41, 5.74) is 2.27. The van der Waals surface area contributed by atoms with E-state index in [0.29, 0.717) is 21.9 Å². The average molecular weight is 413 g/mol. The van der Waals surface area contributed by atoms with Crippen LogP contribution in [-0.4, -0.2) is 11.7 Å². The number of para-hydroxylation sites is 1. The number of hydrogen-bond acceptors (Lipinski definition) is 4. The highest BCUT2D eigenvalue weighted by atomic mass is 32.1. The third-order valence-electron chi connectivity index (χ3n) is 4.47. The summed E-state index contributed by atoms with van der Waals surface area (Å²) in [6.45, 7) is 1.54. The maximum Gasteiger partial charge on any atom is 0.265 e. The van der Waals surface area contributed by atoms with Gasteiger partial charge in [-0.05, 0) is 67.1 Å². The van der Waals surface area contributed by atoms with Crippen LogP contribution in [0.25, 0.3) is 10.4 Å². The molecule has 1 amide bonds. The molecule has 0 saturated carbocycles. The predicted molar refractivity (Wildman–Crippen MR) is 121 cm³/mol. The largest absolute Gasteiger partial charge is 0.457 e. The molecule has 0 aliphatic carbocycles. The molecule has 0 atom stereocenters. The first-order valence-electron chi connectivity index (χ1n) is 9.44. The zero-order chi connectivity index (χ0) is 20.9. The Kier molecular flexibility index (Phi) is 5.72. The van der Waals surface area contributed by atoms with Crippen LogP contribution in [0.15, 0.2) is 91.0 Å². The molecule has 4 aromatic rings. The van der Waals surface area contributed by atoms with Gasteiger partial charge in [-0.15, -0.1) is 11.3 Å². The van der Waals surface area contributed by atoms with Crippen molar-refractivity contribution in [1.82, 2.24) is 0 Å². The lowest BCUT2D eigenvalue weighted by atomic mass is 10.1. The van der Waals surface area contributed by atoms with Crippen molar-refractivity contribution >= 4 is 28.7 Å². The minimum Gasteiger partial charge on any atom is -0.457 e. The summed E-state index contributed by atoms with van der Waals surface area (Å²) < 4.78 is 5.77. The Hall–Kier alpha value is -3.70. The number of carbonyl (C=O) groups excluding carboxylic acids is 2. The second-order valence-electron chi connectivity index (χ2n) is 6.69. The van der Waals surface area contributed by atoms with Crippen LogP contribution in [0, 0.1) is 0 Å². The maximum atomic E-state index is 12.6. The van der Waals surface area contributed by atoms with Crippen molar-refractivity contribution < 1.29 is 14.3 Å². The van der Waals surface area contributed by atoms with Crippen LogP contribution in [0.1, 0.15) is 27.0 Å². The minimum absolute atomic E-state index is 0.0195. The number of ketones is 1. The van der Waals surface area contributed by atoms with E-state index in [1.54, 1.807) is 31.2 Å². The molecule has 0 spiro atoms. The third-order valence-corrected chi connectivity index (χ3v) is 5.61. The summed E-state index contributed by atoms with van der Waals surface area (Å²) >= 11 is 1.39. The molecule has 1 N–H and O–H groups in total. The molecule has 4 nitrogen and oxygen atoms in total. The molecule has 4 rings (SSSR count). The first kappa shape index (κ1) is 19.6. The van der Waals surface area contributed by atoms with E-state index in [-0.39, 0.29) is 11.7 Å². The van der Waals surface area contributed by atoms with Crippen molar-refractivity contribution in [2.24, 2.45) is 0 Å². The van der Waals surface area contributed by atoms with Gasteiger partial charge in [-0.3, -0.25) is 9.59 Å². The van der Waals surface area contributed by atoms with Gasteiger partial charge in [0.2, 0.25) is 0 Å². The number of thiophene rings is 1. The normalized spacial score (nSPS) is 10.4. The van der Waals surface area contributed by atoms with Gasteiger partial charge in [-0.2, -0.15) is 0 Å². The Bertz CT molecular complexity index is 1180. The van der Waals surface area contributed by atoms with Crippen LogP contribution < -0.4 is 10.1 Å². The van der Waals surface area contributed by atoms with E-state index in [1.165, 1.54) is 11.3 Å². The topological polar surface area (TPSA) is 55.4 Å². The van der Waals surface area contributed by atoms with Gasteiger partial charge in [0.1, 0.15) is 11.5 Å². The second kappa shape index (κ2) is 8.76. The molecule has 3 aromatic carbocycles. The van der Waals surface area contributed by atoms with E-state index in [1.807, 2.05) is 66.7 Å². The fourth-order valence-electron chi connectivity index (χ4n) is 2.93. The predicted octanol–water partition coefficient (Wildman–Crippen LogP) is 6.66. The summed E-state index contributed by atoms with van der Waals surface area (Å²) in [5.74, 6) is 1.30. The van der Waals surface area contributed by atoms with Gasteiger partial charge in [0.25, 0.3) is 5.91 Å². The van der Waals surface area contributed by atoms with Gasteiger partial charge >= 0.3 is 0 Å². The summed E-state index contributed by atoms with van der Waals surface area (Å²) in [6, 6.07) is 27.9. The average Bonchev–Trinajstić information content (AvgIpc) is 3.26. The van der Waals surface area contributed by atoms with Gasteiger partial charge in [-0.1, -0.05) is 36.4 Å². The lowest BCUT2D eigenvalue weighted by Gasteiger charge is -2.07. The molecule has 0 radical (unpaired) electrons. The molecule has 0 aliphatic heterocycles. The van der Waals surface area contributed by atoms with Crippen LogP contribution in [-0.2, 0) is 0 Å². The first-order valence-corrected chi connectivity index (χ1v) is 10.3. The van der Waals surface area contributed by atoms with Crippen molar-refractivity contribution in [3.8, 4) is 21.9 Å². The molecule has 5 heteroatoms. The fraction of sp³-hybridized carbons (Fsp3) is 0.0400. The first-order chi connectivity index (χ1) is 14.6. The van der Waals surface area contributed by atoms with E-state index in [4.69, 9.17) is 4.74 Å². The smallest absolute Gasteiger partial charge is 0.265 e. The van der Waals surface area contributed by atoms with E-state index >= 15 is 0 Å². The van der Waals surface area contributed by atoms with E-state index in [2.05, 4.69) is 5.32 Å². The van der Waals surface area contributed by atoms with Crippen LogP contribution in [0.3, 0.4) is 0 Å². The molecule has 0 unspecified atom stereocenters. The van der Waals surface area contributed by atoms with Gasteiger partial charge in [-0.25, -0.2) is 0 Å². The number of nitrogens with one attached hydrogen (secondary N) is 1. The Morgan fingerprint density at radius 3 is 2.27 bits per heavy atom. The van der Waals surface area contributed by atoms with Crippen LogP contribution in [0.4, 0.5) is 5.69 Å². The fourth-order valence-corrected chi connectivity index (χ4v) is 3.83. The van der Waals surface area contributed by atoms with E-state index < -0.39 is 0 Å². The monoisotopic (exact) mass is 413 g/mol. The number of benzene rings is 3. The Labute approximate surface area is 178 Å². The summed E-state index contributed by atoms with van der Waals surface area (Å²) in [6.07, 6.45) is 0. The highest BCUT2D eigenvalue weighted by Crippen LogP contribution is 2.30. The number of anilines is 1. The number of hydrogen-bond donors (Lipinski definition) is 1. The SMILES string of the molecule is CC(=O)c1cccc(-c2ccc(C(=O)Nc3ccc(Oc4ccccc4)cc3)s2)c1.